The summed E-state index contributed by atoms with van der Waals surface area (Å²) in [4.78, 5) is 5.10. The van der Waals surface area contributed by atoms with Crippen LogP contribution in [-0.2, 0) is 23.7 Å². The fourth-order valence-corrected chi connectivity index (χ4v) is 11.7. The summed E-state index contributed by atoms with van der Waals surface area (Å²) < 4.78 is 11.8. The highest BCUT2D eigenvalue weighted by Gasteiger charge is 2.65. The molecule has 4 fully saturated rings. The Hall–Kier alpha value is -2.58. The third kappa shape index (κ3) is 3.86. The molecule has 4 bridgehead atoms. The number of aromatic hydroxyl groups is 1. The zero-order valence-electron chi connectivity index (χ0n) is 27.5. The number of likely N-dealkylation sites (N-methyl/N-ethyl adjacent to an activating group) is 1. The molecule has 8 atom stereocenters. The molecule has 3 N–H and O–H groups in total. The van der Waals surface area contributed by atoms with Crippen LogP contribution in [0.2, 0.25) is 0 Å². The van der Waals surface area contributed by atoms with Crippen molar-refractivity contribution in [3.8, 4) is 17.2 Å². The normalized spacial score (nSPS) is 40.0. The molecule has 0 aromatic heterocycles. The maximum Gasteiger partial charge on any atom is 0.165 e. The first-order chi connectivity index (χ1) is 22.3. The summed E-state index contributed by atoms with van der Waals surface area (Å²) in [5, 5.41) is 32.6. The topological polar surface area (TPSA) is 85.6 Å². The number of phenols is 1. The van der Waals surface area contributed by atoms with Gasteiger partial charge in [-0.3, -0.25) is 4.90 Å². The van der Waals surface area contributed by atoms with Gasteiger partial charge in [-0.25, -0.2) is 0 Å². The molecule has 8 aliphatic rings. The second-order valence-electron chi connectivity index (χ2n) is 15.9. The Labute approximate surface area is 273 Å². The van der Waals surface area contributed by atoms with Crippen LogP contribution in [0.25, 0.3) is 0 Å². The van der Waals surface area contributed by atoms with Crippen LogP contribution in [0, 0.1) is 11.8 Å². The Balaban J connectivity index is 0.000000127. The number of fused-ring (bicyclic) bond motifs is 1. The Morgan fingerprint density at radius 1 is 0.957 bits per heavy atom. The van der Waals surface area contributed by atoms with Gasteiger partial charge >= 0.3 is 0 Å². The van der Waals surface area contributed by atoms with Crippen LogP contribution in [-0.4, -0.2) is 88.8 Å². The molecule has 0 amide bonds. The molecule has 5 aliphatic carbocycles. The average molecular weight is 627 g/mol. The minimum atomic E-state index is -0.603. The van der Waals surface area contributed by atoms with Crippen LogP contribution in [0.4, 0.5) is 0 Å². The van der Waals surface area contributed by atoms with Crippen molar-refractivity contribution in [2.45, 2.75) is 111 Å². The minimum Gasteiger partial charge on any atom is -0.508 e. The zero-order valence-corrected chi connectivity index (χ0v) is 27.5. The van der Waals surface area contributed by atoms with Crippen molar-refractivity contribution in [1.29, 1.82) is 0 Å². The van der Waals surface area contributed by atoms with Gasteiger partial charge in [0, 0.05) is 40.9 Å². The van der Waals surface area contributed by atoms with Crippen LogP contribution in [0.1, 0.15) is 80.0 Å². The predicted molar refractivity (Wildman–Crippen MR) is 177 cm³/mol. The number of hydrogen-bond acceptors (Lipinski definition) is 7. The Bertz CT molecular complexity index is 1570. The lowest BCUT2D eigenvalue weighted by atomic mass is 9.49. The van der Waals surface area contributed by atoms with Gasteiger partial charge in [-0.1, -0.05) is 43.5 Å². The molecular formula is C39H50N2O5. The highest BCUT2D eigenvalue weighted by Crippen LogP contribution is 2.63. The number of hydrogen-bond donors (Lipinski definition) is 3. The van der Waals surface area contributed by atoms with E-state index in [2.05, 4.69) is 35.1 Å². The third-order valence-corrected chi connectivity index (χ3v) is 14.2. The van der Waals surface area contributed by atoms with Crippen LogP contribution < -0.4 is 9.47 Å². The molecule has 3 heterocycles. The fraction of sp³-hybridized carbons (Fsp3) is 0.641. The van der Waals surface area contributed by atoms with E-state index in [0.717, 1.165) is 75.5 Å². The summed E-state index contributed by atoms with van der Waals surface area (Å²) in [7, 11) is 3.91. The number of ether oxygens (including phenoxy) is 2. The van der Waals surface area contributed by atoms with Gasteiger partial charge in [-0.15, -0.1) is 0 Å². The lowest BCUT2D eigenvalue weighted by molar-refractivity contribution is -0.169. The second kappa shape index (κ2) is 10.5. The molecule has 0 radical (unpaired) electrons. The number of rotatable bonds is 3. The summed E-state index contributed by atoms with van der Waals surface area (Å²) in [6, 6.07) is 10.9. The Morgan fingerprint density at radius 2 is 1.78 bits per heavy atom. The van der Waals surface area contributed by atoms with Crippen molar-refractivity contribution in [2.24, 2.45) is 11.8 Å². The first-order valence-corrected chi connectivity index (χ1v) is 18.0. The minimum absolute atomic E-state index is 0.0806. The summed E-state index contributed by atoms with van der Waals surface area (Å²) in [5.74, 6) is 3.30. The molecule has 2 saturated carbocycles. The Morgan fingerprint density at radius 3 is 2.59 bits per heavy atom. The highest BCUT2D eigenvalue weighted by atomic mass is 16.5. The highest BCUT2D eigenvalue weighted by molar-refractivity contribution is 5.62. The summed E-state index contributed by atoms with van der Waals surface area (Å²) >= 11 is 0. The average Bonchev–Trinajstić information content (AvgIpc) is 3.39. The van der Waals surface area contributed by atoms with Gasteiger partial charge in [0.15, 0.2) is 11.5 Å². The second-order valence-corrected chi connectivity index (χ2v) is 15.9. The van der Waals surface area contributed by atoms with E-state index in [0.29, 0.717) is 17.7 Å². The zero-order chi connectivity index (χ0) is 31.4. The van der Waals surface area contributed by atoms with Crippen LogP contribution in [0.15, 0.2) is 42.5 Å². The molecule has 2 saturated heterocycles. The van der Waals surface area contributed by atoms with Crippen LogP contribution in [0.3, 0.4) is 0 Å². The van der Waals surface area contributed by atoms with E-state index in [1.807, 2.05) is 24.3 Å². The van der Waals surface area contributed by atoms with Crippen molar-refractivity contribution in [1.82, 2.24) is 9.80 Å². The van der Waals surface area contributed by atoms with E-state index in [1.165, 1.54) is 54.5 Å². The van der Waals surface area contributed by atoms with E-state index in [9.17, 15) is 15.3 Å². The number of aliphatic hydroxyl groups excluding tert-OH is 1. The molecule has 3 aliphatic heterocycles. The van der Waals surface area contributed by atoms with Gasteiger partial charge in [0.05, 0.1) is 12.7 Å². The maximum absolute atomic E-state index is 11.9. The number of piperidine rings is 2. The number of methoxy groups -OCH3 is 1. The van der Waals surface area contributed by atoms with Crippen molar-refractivity contribution in [3.63, 3.8) is 0 Å². The molecule has 0 unspecified atom stereocenters. The van der Waals surface area contributed by atoms with E-state index in [4.69, 9.17) is 9.47 Å². The standard InChI is InChI=1S/C21H29NO2.C18H21NO3/c23-17-7-6-16-12-19-21(24)9-2-1-8-20(21,18(16)13-17)10-11-22(19)14-15-4-3-5-15;1-19-8-7-18-11-4-5-13(20)17(18)22-16-14(21-2)6-3-10(15(16)18)9-12(11)19/h6-7,13,15,19,23-24H,1-5,8-12,14H2;3-6,11-13,17,20H,7-9H2,1-2H3/t19-,20+,21-;11-,12+,13-,17-,18-/m10/s1. The quantitative estimate of drug-likeness (QED) is 0.420. The SMILES string of the molecule is COc1ccc2c3c1O[C@H]1[C@@H](O)C=C[C@H]4[C@@H](C2)N(C)CC[C@@]341.Oc1ccc2c(c1)[C@@]13CCCC[C@@]1(O)[C@@H](C2)N(CC1CCC1)CC3. The third-order valence-electron chi connectivity index (χ3n) is 14.2. The lowest BCUT2D eigenvalue weighted by Gasteiger charge is -2.64. The molecule has 2 aromatic rings. The molecule has 10 rings (SSSR count). The molecular weight excluding hydrogens is 576 g/mol. The summed E-state index contributed by atoms with van der Waals surface area (Å²) in [6.07, 6.45) is 16.0. The first-order valence-electron chi connectivity index (χ1n) is 18.0. The number of phenolic OH excluding ortho intramolecular Hbond substituents is 1. The van der Waals surface area contributed by atoms with Gasteiger partial charge in [0.2, 0.25) is 0 Å². The molecule has 246 valence electrons. The van der Waals surface area contributed by atoms with E-state index in [-0.39, 0.29) is 23.0 Å². The molecule has 7 nitrogen and oxygen atoms in total. The van der Waals surface area contributed by atoms with Crippen LogP contribution >= 0.6 is 0 Å². The van der Waals surface area contributed by atoms with Gasteiger partial charge in [-0.2, -0.15) is 0 Å². The van der Waals surface area contributed by atoms with E-state index < -0.39 is 11.7 Å². The Kier molecular flexibility index (Phi) is 6.72. The summed E-state index contributed by atoms with van der Waals surface area (Å²) in [6.45, 7) is 3.34. The number of aliphatic hydroxyl groups is 2. The lowest BCUT2D eigenvalue weighted by Crippen LogP contribution is -2.72. The molecule has 2 aromatic carbocycles. The van der Waals surface area contributed by atoms with Crippen molar-refractivity contribution < 1.29 is 24.8 Å². The molecule has 46 heavy (non-hydrogen) atoms. The predicted octanol–water partition coefficient (Wildman–Crippen LogP) is 4.87. The van der Waals surface area contributed by atoms with Gasteiger partial charge < -0.3 is 29.7 Å². The maximum atomic E-state index is 11.9. The van der Waals surface area contributed by atoms with Crippen molar-refractivity contribution in [3.05, 3.63) is 64.7 Å². The van der Waals surface area contributed by atoms with Gasteiger partial charge in [-0.05, 0) is 112 Å². The van der Waals surface area contributed by atoms with Gasteiger partial charge in [0.25, 0.3) is 0 Å². The van der Waals surface area contributed by atoms with Crippen molar-refractivity contribution in [2.75, 3.05) is 33.8 Å². The fourth-order valence-electron chi connectivity index (χ4n) is 11.7. The van der Waals surface area contributed by atoms with E-state index >= 15 is 0 Å². The monoisotopic (exact) mass is 626 g/mol. The summed E-state index contributed by atoms with van der Waals surface area (Å²) in [5.41, 5.74) is 4.49. The van der Waals surface area contributed by atoms with Crippen molar-refractivity contribution >= 4 is 0 Å². The first kappa shape index (κ1) is 29.6. The molecule has 1 spiro atoms. The number of benzene rings is 2. The molecule has 7 heteroatoms. The van der Waals surface area contributed by atoms with E-state index in [1.54, 1.807) is 7.11 Å². The number of nitrogens with zero attached hydrogens (tertiary/aromatic N) is 2. The smallest absolute Gasteiger partial charge is 0.165 e. The van der Waals surface area contributed by atoms with Gasteiger partial charge in [0.1, 0.15) is 18.0 Å². The largest absolute Gasteiger partial charge is 0.508 e. The number of likely N-dealkylation sites (tertiary alicyclic amines) is 2. The van der Waals surface area contributed by atoms with Crippen LogP contribution in [0.5, 0.6) is 17.2 Å².